The van der Waals surface area contributed by atoms with E-state index in [0.717, 1.165) is 6.26 Å². The van der Waals surface area contributed by atoms with E-state index in [9.17, 15) is 8.42 Å². The average molecular weight is 288 g/mol. The second kappa shape index (κ2) is 5.31. The molecule has 6 heteroatoms. The van der Waals surface area contributed by atoms with Gasteiger partial charge in [-0.15, -0.1) is 0 Å². The van der Waals surface area contributed by atoms with Crippen LogP contribution in [0.4, 0.5) is 0 Å². The van der Waals surface area contributed by atoms with E-state index in [1.807, 2.05) is 6.07 Å². The van der Waals surface area contributed by atoms with Crippen LogP contribution in [0.25, 0.3) is 0 Å². The van der Waals surface area contributed by atoms with Gasteiger partial charge in [-0.1, -0.05) is 6.07 Å². The van der Waals surface area contributed by atoms with E-state index in [-0.39, 0.29) is 10.8 Å². The molecule has 0 N–H and O–H groups in total. The Bertz CT molecular complexity index is 792. The predicted molar refractivity (Wildman–Crippen MR) is 73.3 cm³/mol. The molecule has 0 spiro atoms. The summed E-state index contributed by atoms with van der Waals surface area (Å²) in [6, 6.07) is 11.4. The number of ether oxygens (including phenoxy) is 1. The molecule has 0 saturated carbocycles. The Balaban J connectivity index is 2.41. The molecule has 5 nitrogen and oxygen atoms in total. The molecule has 0 amide bonds. The number of aromatic nitrogens is 1. The quantitative estimate of drug-likeness (QED) is 0.866. The van der Waals surface area contributed by atoms with E-state index >= 15 is 0 Å². The fraction of sp³-hybridized carbons (Fsp3) is 0.143. The summed E-state index contributed by atoms with van der Waals surface area (Å²) in [5, 5.41) is 9.01. The molecule has 0 unspecified atom stereocenters. The highest BCUT2D eigenvalue weighted by Gasteiger charge is 2.11. The van der Waals surface area contributed by atoms with Crippen LogP contribution < -0.4 is 4.74 Å². The first-order valence-corrected chi connectivity index (χ1v) is 7.65. The number of nitrogens with zero attached hydrogens (tertiary/aromatic N) is 2. The number of sulfone groups is 1. The van der Waals surface area contributed by atoms with Crippen LogP contribution in [0.5, 0.6) is 11.6 Å². The number of aryl methyl sites for hydroxylation is 1. The highest BCUT2D eigenvalue weighted by atomic mass is 32.2. The van der Waals surface area contributed by atoms with Gasteiger partial charge in [0.25, 0.3) is 0 Å². The minimum Gasteiger partial charge on any atom is -0.438 e. The second-order valence-corrected chi connectivity index (χ2v) is 6.28. The molecular formula is C14H12N2O3S. The number of rotatable bonds is 3. The summed E-state index contributed by atoms with van der Waals surface area (Å²) in [6.45, 7) is 1.78. The Kier molecular flexibility index (Phi) is 3.72. The molecule has 0 aliphatic rings. The van der Waals surface area contributed by atoms with Gasteiger partial charge in [-0.2, -0.15) is 5.26 Å². The second-order valence-electron chi connectivity index (χ2n) is 4.27. The summed E-state index contributed by atoms with van der Waals surface area (Å²) in [6.07, 6.45) is 1.12. The maximum Gasteiger partial charge on any atom is 0.237 e. The number of pyridine rings is 1. The van der Waals surface area contributed by atoms with Gasteiger partial charge in [0.15, 0.2) is 9.84 Å². The fourth-order valence-corrected chi connectivity index (χ4v) is 2.23. The average Bonchev–Trinajstić information content (AvgIpc) is 2.38. The Labute approximate surface area is 117 Å². The molecule has 1 aromatic carbocycles. The van der Waals surface area contributed by atoms with Crippen LogP contribution in [0.3, 0.4) is 0 Å². The van der Waals surface area contributed by atoms with Crippen LogP contribution in [-0.2, 0) is 9.84 Å². The van der Waals surface area contributed by atoms with E-state index < -0.39 is 9.84 Å². The van der Waals surface area contributed by atoms with Crippen molar-refractivity contribution in [1.82, 2.24) is 4.98 Å². The molecule has 0 radical (unpaired) electrons. The van der Waals surface area contributed by atoms with E-state index in [0.29, 0.717) is 17.0 Å². The van der Waals surface area contributed by atoms with Crippen molar-refractivity contribution in [2.75, 3.05) is 6.26 Å². The molecule has 0 aliphatic carbocycles. The lowest BCUT2D eigenvalue weighted by molar-refractivity contribution is 0.458. The van der Waals surface area contributed by atoms with Gasteiger partial charge >= 0.3 is 0 Å². The third kappa shape index (κ3) is 3.13. The minimum absolute atomic E-state index is 0.154. The molecule has 0 fully saturated rings. The van der Waals surface area contributed by atoms with Crippen molar-refractivity contribution in [3.63, 3.8) is 0 Å². The SMILES string of the molecule is Cc1ccc(C#N)c(Oc2cccc(S(C)(=O)=O)c2)n1. The predicted octanol–water partition coefficient (Wildman–Crippen LogP) is 2.46. The van der Waals surface area contributed by atoms with Crippen molar-refractivity contribution < 1.29 is 13.2 Å². The zero-order valence-corrected chi connectivity index (χ0v) is 11.8. The van der Waals surface area contributed by atoms with Crippen LogP contribution in [0.15, 0.2) is 41.3 Å². The summed E-state index contributed by atoms with van der Waals surface area (Å²) in [4.78, 5) is 4.29. The Morgan fingerprint density at radius 3 is 2.65 bits per heavy atom. The zero-order valence-electron chi connectivity index (χ0n) is 11.0. The smallest absolute Gasteiger partial charge is 0.237 e. The lowest BCUT2D eigenvalue weighted by atomic mass is 10.2. The van der Waals surface area contributed by atoms with Crippen LogP contribution in [0.1, 0.15) is 11.3 Å². The molecule has 1 aromatic heterocycles. The molecule has 0 aliphatic heterocycles. The van der Waals surface area contributed by atoms with Gasteiger partial charge in [-0.05, 0) is 37.3 Å². The topological polar surface area (TPSA) is 80.0 Å². The van der Waals surface area contributed by atoms with Crippen LogP contribution in [0.2, 0.25) is 0 Å². The molecule has 1 heterocycles. The summed E-state index contributed by atoms with van der Waals surface area (Å²) in [7, 11) is -3.31. The van der Waals surface area contributed by atoms with Gasteiger partial charge in [-0.25, -0.2) is 13.4 Å². The minimum atomic E-state index is -3.31. The number of nitriles is 1. The summed E-state index contributed by atoms with van der Waals surface area (Å²) in [5.41, 5.74) is 0.999. The van der Waals surface area contributed by atoms with Gasteiger partial charge < -0.3 is 4.74 Å². The van der Waals surface area contributed by atoms with Crippen molar-refractivity contribution >= 4 is 9.84 Å². The Morgan fingerprint density at radius 1 is 1.25 bits per heavy atom. The Morgan fingerprint density at radius 2 is 2.00 bits per heavy atom. The van der Waals surface area contributed by atoms with Crippen molar-refractivity contribution in [2.24, 2.45) is 0 Å². The van der Waals surface area contributed by atoms with Gasteiger partial charge in [0.2, 0.25) is 5.88 Å². The van der Waals surface area contributed by atoms with E-state index in [1.165, 1.54) is 12.1 Å². The van der Waals surface area contributed by atoms with Gasteiger partial charge in [0.1, 0.15) is 17.4 Å². The standard InChI is InChI=1S/C14H12N2O3S/c1-10-6-7-11(9-15)14(16-10)19-12-4-3-5-13(8-12)20(2,17)18/h3-8H,1-2H3. The third-order valence-corrected chi connectivity index (χ3v) is 3.68. The van der Waals surface area contributed by atoms with Crippen molar-refractivity contribution in [1.29, 1.82) is 5.26 Å². The highest BCUT2D eigenvalue weighted by Crippen LogP contribution is 2.25. The molecular weight excluding hydrogens is 276 g/mol. The lowest BCUT2D eigenvalue weighted by Gasteiger charge is -2.08. The molecule has 0 bridgehead atoms. The number of benzene rings is 1. The highest BCUT2D eigenvalue weighted by molar-refractivity contribution is 7.90. The summed E-state index contributed by atoms with van der Waals surface area (Å²) < 4.78 is 28.5. The monoisotopic (exact) mass is 288 g/mol. The molecule has 102 valence electrons. The normalized spacial score (nSPS) is 10.8. The largest absolute Gasteiger partial charge is 0.438 e. The molecule has 2 rings (SSSR count). The molecule has 2 aromatic rings. The van der Waals surface area contributed by atoms with Crippen molar-refractivity contribution in [3.05, 3.63) is 47.7 Å². The van der Waals surface area contributed by atoms with Crippen molar-refractivity contribution in [2.45, 2.75) is 11.8 Å². The van der Waals surface area contributed by atoms with Gasteiger partial charge in [0.05, 0.1) is 4.90 Å². The first-order valence-electron chi connectivity index (χ1n) is 5.76. The van der Waals surface area contributed by atoms with E-state index in [4.69, 9.17) is 10.00 Å². The summed E-state index contributed by atoms with van der Waals surface area (Å²) >= 11 is 0. The van der Waals surface area contributed by atoms with Gasteiger partial charge in [0, 0.05) is 11.9 Å². The maximum absolute atomic E-state index is 11.5. The van der Waals surface area contributed by atoms with Crippen molar-refractivity contribution in [3.8, 4) is 17.7 Å². The molecule has 0 saturated heterocycles. The molecule has 0 atom stereocenters. The first kappa shape index (κ1) is 14.0. The number of hydrogen-bond donors (Lipinski definition) is 0. The third-order valence-electron chi connectivity index (χ3n) is 2.57. The molecule has 20 heavy (non-hydrogen) atoms. The fourth-order valence-electron chi connectivity index (χ4n) is 1.58. The van der Waals surface area contributed by atoms with Gasteiger partial charge in [-0.3, -0.25) is 0 Å². The summed E-state index contributed by atoms with van der Waals surface area (Å²) in [5.74, 6) is 0.487. The zero-order chi connectivity index (χ0) is 14.8. The van der Waals surface area contributed by atoms with E-state index in [2.05, 4.69) is 4.98 Å². The maximum atomic E-state index is 11.5. The first-order chi connectivity index (χ1) is 9.40. The number of hydrogen-bond acceptors (Lipinski definition) is 5. The van der Waals surface area contributed by atoms with Crippen LogP contribution >= 0.6 is 0 Å². The van der Waals surface area contributed by atoms with Crippen LogP contribution in [-0.4, -0.2) is 19.7 Å². The lowest BCUT2D eigenvalue weighted by Crippen LogP contribution is -1.98. The van der Waals surface area contributed by atoms with E-state index in [1.54, 1.807) is 31.2 Å². The Hall–Kier alpha value is -2.39. The van der Waals surface area contributed by atoms with Crippen LogP contribution in [0, 0.1) is 18.3 Å².